The first-order chi connectivity index (χ1) is 13.9. The first-order valence-corrected chi connectivity index (χ1v) is 13.6. The van der Waals surface area contributed by atoms with Gasteiger partial charge in [0.2, 0.25) is 5.91 Å². The fourth-order valence-electron chi connectivity index (χ4n) is 4.82. The Bertz CT molecular complexity index is 708. The molecule has 0 radical (unpaired) electrons. The molecule has 2 aliphatic rings. The first kappa shape index (κ1) is 23.6. The lowest BCUT2D eigenvalue weighted by Crippen LogP contribution is -2.52. The number of likely N-dealkylation sites (N-methyl/N-ethyl adjacent to an activating group) is 1. The third kappa shape index (κ3) is 5.60. The Kier molecular flexibility index (Phi) is 8.54. The van der Waals surface area contributed by atoms with Crippen LogP contribution in [0.25, 0.3) is 0 Å². The summed E-state index contributed by atoms with van der Waals surface area (Å²) in [6, 6.07) is 6.19. The zero-order chi connectivity index (χ0) is 21.0. The molecule has 29 heavy (non-hydrogen) atoms. The quantitative estimate of drug-likeness (QED) is 0.382. The molecule has 1 saturated carbocycles. The second-order valence-electron chi connectivity index (χ2n) is 8.22. The van der Waals surface area contributed by atoms with Crippen molar-refractivity contribution in [2.45, 2.75) is 61.1 Å². The Morgan fingerprint density at radius 1 is 1.17 bits per heavy atom. The van der Waals surface area contributed by atoms with Crippen molar-refractivity contribution in [1.29, 1.82) is 0 Å². The molecule has 162 valence electrons. The molecule has 0 spiro atoms. The van der Waals surface area contributed by atoms with E-state index in [1.165, 1.54) is 25.7 Å². The maximum absolute atomic E-state index is 13.2. The van der Waals surface area contributed by atoms with E-state index in [0.717, 1.165) is 31.5 Å². The fourth-order valence-corrected chi connectivity index (χ4v) is 7.17. The minimum Gasteiger partial charge on any atom is -0.341 e. The molecule has 3 nitrogen and oxygen atoms in total. The van der Waals surface area contributed by atoms with Crippen LogP contribution in [0.2, 0.25) is 10.0 Å². The Morgan fingerprint density at radius 2 is 1.86 bits per heavy atom. The van der Waals surface area contributed by atoms with E-state index in [1.54, 1.807) is 6.07 Å². The highest BCUT2D eigenvalue weighted by atomic mass is 35.5. The van der Waals surface area contributed by atoms with Gasteiger partial charge in [-0.25, -0.2) is 0 Å². The summed E-state index contributed by atoms with van der Waals surface area (Å²) in [5.41, 5.74) is 0.921. The van der Waals surface area contributed by atoms with Gasteiger partial charge >= 0.3 is 0 Å². The lowest BCUT2D eigenvalue weighted by molar-refractivity contribution is -0.132. The number of carbonyl (C=O) groups is 1. The van der Waals surface area contributed by atoms with E-state index in [4.69, 9.17) is 23.2 Å². The van der Waals surface area contributed by atoms with E-state index in [2.05, 4.69) is 17.4 Å². The van der Waals surface area contributed by atoms with Crippen LogP contribution in [0.4, 0.5) is 0 Å². The fraction of sp³-hybridized carbons (Fsp3) is 0.682. The molecule has 2 fully saturated rings. The summed E-state index contributed by atoms with van der Waals surface area (Å²) in [5.74, 6) is 0.165. The number of carbonyl (C=O) groups excluding carboxylic acids is 1. The summed E-state index contributed by atoms with van der Waals surface area (Å²) in [6.07, 6.45) is 12.0. The van der Waals surface area contributed by atoms with Gasteiger partial charge in [-0.15, -0.1) is 23.5 Å². The molecule has 1 aliphatic carbocycles. The van der Waals surface area contributed by atoms with E-state index in [0.29, 0.717) is 22.5 Å². The van der Waals surface area contributed by atoms with Crippen LogP contribution < -0.4 is 0 Å². The molecule has 7 heteroatoms. The number of thioether (sulfide) groups is 2. The summed E-state index contributed by atoms with van der Waals surface area (Å²) < 4.78 is 0.260. The summed E-state index contributed by atoms with van der Waals surface area (Å²) in [4.78, 5) is 17.9. The summed E-state index contributed by atoms with van der Waals surface area (Å²) in [6.45, 7) is 2.32. The highest BCUT2D eigenvalue weighted by Crippen LogP contribution is 2.47. The van der Waals surface area contributed by atoms with Gasteiger partial charge in [0.1, 0.15) is 0 Å². The van der Waals surface area contributed by atoms with E-state index in [-0.39, 0.29) is 16.0 Å². The number of hydrogen-bond acceptors (Lipinski definition) is 4. The molecule has 1 amide bonds. The third-order valence-corrected chi connectivity index (χ3v) is 10.6. The van der Waals surface area contributed by atoms with Gasteiger partial charge in [0.25, 0.3) is 0 Å². The molecule has 1 aromatic rings. The van der Waals surface area contributed by atoms with Crippen molar-refractivity contribution in [3.8, 4) is 0 Å². The molecule has 3 rings (SSSR count). The van der Waals surface area contributed by atoms with Crippen molar-refractivity contribution >= 4 is 52.6 Å². The lowest BCUT2D eigenvalue weighted by Gasteiger charge is -2.41. The first-order valence-electron chi connectivity index (χ1n) is 10.4. The normalized spacial score (nSPS) is 25.0. The molecule has 1 aliphatic heterocycles. The maximum atomic E-state index is 13.2. The Morgan fingerprint density at radius 3 is 2.48 bits per heavy atom. The van der Waals surface area contributed by atoms with Gasteiger partial charge in [-0.3, -0.25) is 9.69 Å². The van der Waals surface area contributed by atoms with Gasteiger partial charge in [0.15, 0.2) is 0 Å². The molecule has 1 aromatic carbocycles. The van der Waals surface area contributed by atoms with Crippen LogP contribution in [-0.4, -0.2) is 64.5 Å². The summed E-state index contributed by atoms with van der Waals surface area (Å²) in [5, 5.41) is 1.04. The largest absolute Gasteiger partial charge is 0.341 e. The van der Waals surface area contributed by atoms with Gasteiger partial charge in [-0.1, -0.05) is 29.3 Å². The minimum atomic E-state index is 0.165. The number of rotatable bonds is 6. The minimum absolute atomic E-state index is 0.165. The smallest absolute Gasteiger partial charge is 0.227 e. The van der Waals surface area contributed by atoms with Crippen molar-refractivity contribution < 1.29 is 4.79 Å². The van der Waals surface area contributed by atoms with Crippen molar-refractivity contribution in [2.75, 3.05) is 32.6 Å². The van der Waals surface area contributed by atoms with E-state index >= 15 is 0 Å². The summed E-state index contributed by atoms with van der Waals surface area (Å²) in [7, 11) is 2.00. The van der Waals surface area contributed by atoms with Crippen molar-refractivity contribution in [3.05, 3.63) is 33.8 Å². The number of likely N-dealkylation sites (tertiary alicyclic amines) is 1. The van der Waals surface area contributed by atoms with E-state index < -0.39 is 0 Å². The van der Waals surface area contributed by atoms with E-state index in [9.17, 15) is 4.79 Å². The van der Waals surface area contributed by atoms with Crippen LogP contribution in [0, 0.1) is 0 Å². The van der Waals surface area contributed by atoms with Crippen LogP contribution in [-0.2, 0) is 11.2 Å². The molecule has 0 aromatic heterocycles. The second-order valence-corrected chi connectivity index (χ2v) is 11.7. The zero-order valence-electron chi connectivity index (χ0n) is 17.6. The number of amides is 1. The van der Waals surface area contributed by atoms with Crippen LogP contribution in [0.5, 0.6) is 0 Å². The van der Waals surface area contributed by atoms with Gasteiger partial charge < -0.3 is 4.90 Å². The topological polar surface area (TPSA) is 23.6 Å². The average Bonchev–Trinajstić information content (AvgIpc) is 3.18. The molecular weight excluding hydrogens is 443 g/mol. The Balaban J connectivity index is 1.78. The van der Waals surface area contributed by atoms with Gasteiger partial charge in [-0.2, -0.15) is 0 Å². The number of nitrogens with zero attached hydrogens (tertiary/aromatic N) is 2. The maximum Gasteiger partial charge on any atom is 0.227 e. The molecule has 2 atom stereocenters. The van der Waals surface area contributed by atoms with Crippen molar-refractivity contribution in [3.63, 3.8) is 0 Å². The van der Waals surface area contributed by atoms with Gasteiger partial charge in [0.05, 0.1) is 20.5 Å². The number of halogens is 2. The highest BCUT2D eigenvalue weighted by molar-refractivity contribution is 8.17. The predicted octanol–water partition coefficient (Wildman–Crippen LogP) is 5.82. The third-order valence-electron chi connectivity index (χ3n) is 6.61. The van der Waals surface area contributed by atoms with Crippen LogP contribution in [0.15, 0.2) is 18.2 Å². The average molecular weight is 476 g/mol. The predicted molar refractivity (Wildman–Crippen MR) is 130 cm³/mol. The molecule has 0 N–H and O–H groups in total. The summed E-state index contributed by atoms with van der Waals surface area (Å²) >= 11 is 16.2. The monoisotopic (exact) mass is 474 g/mol. The molecule has 1 heterocycles. The lowest BCUT2D eigenvalue weighted by atomic mass is 9.99. The van der Waals surface area contributed by atoms with Gasteiger partial charge in [-0.05, 0) is 81.8 Å². The van der Waals surface area contributed by atoms with Crippen molar-refractivity contribution in [2.24, 2.45) is 0 Å². The molecule has 1 saturated heterocycles. The zero-order valence-corrected chi connectivity index (χ0v) is 20.8. The second kappa shape index (κ2) is 10.5. The number of benzene rings is 1. The van der Waals surface area contributed by atoms with Crippen LogP contribution in [0.1, 0.15) is 44.1 Å². The Hall–Kier alpha value is -0.0700. The van der Waals surface area contributed by atoms with Crippen LogP contribution >= 0.6 is 46.7 Å². The SMILES string of the molecule is CSC1(SC)CCCC(N(C)C(=O)Cc2ccc(Cl)c(Cl)c2)C(N2CCCC2)C1. The van der Waals surface area contributed by atoms with Crippen molar-refractivity contribution in [1.82, 2.24) is 9.80 Å². The molecular formula is C22H32Cl2N2OS2. The molecule has 2 unspecified atom stereocenters. The van der Waals surface area contributed by atoms with E-state index in [1.807, 2.05) is 47.6 Å². The standard InChI is InChI=1S/C22H32Cl2N2OS2/c1-25(21(27)14-16-8-9-17(23)18(24)13-16)19-7-6-10-22(28-2,29-3)15-20(19)26-11-4-5-12-26/h8-9,13,19-20H,4-7,10-12,14-15H2,1-3H3. The Labute approximate surface area is 194 Å². The molecule has 0 bridgehead atoms. The highest BCUT2D eigenvalue weighted by Gasteiger charge is 2.42. The van der Waals surface area contributed by atoms with Crippen LogP contribution in [0.3, 0.4) is 0 Å². The number of hydrogen-bond donors (Lipinski definition) is 0. The van der Waals surface area contributed by atoms with Gasteiger partial charge in [0, 0.05) is 19.1 Å².